The van der Waals surface area contributed by atoms with Gasteiger partial charge in [-0.2, -0.15) is 0 Å². The lowest BCUT2D eigenvalue weighted by Gasteiger charge is -2.30. The summed E-state index contributed by atoms with van der Waals surface area (Å²) in [5, 5.41) is 11.4. The molecule has 1 aliphatic heterocycles. The highest BCUT2D eigenvalue weighted by Crippen LogP contribution is 2.18. The zero-order valence-corrected chi connectivity index (χ0v) is 15.5. The summed E-state index contributed by atoms with van der Waals surface area (Å²) in [7, 11) is 1.56. The third-order valence-corrected chi connectivity index (χ3v) is 4.89. The van der Waals surface area contributed by atoms with Crippen molar-refractivity contribution < 1.29 is 14.4 Å². The number of benzene rings is 1. The molecule has 0 radical (unpaired) electrons. The first-order chi connectivity index (χ1) is 11.9. The van der Waals surface area contributed by atoms with Gasteiger partial charge in [0, 0.05) is 31.6 Å². The molecule has 1 saturated heterocycles. The van der Waals surface area contributed by atoms with E-state index in [1.54, 1.807) is 7.05 Å². The number of rotatable bonds is 6. The van der Waals surface area contributed by atoms with Crippen LogP contribution in [0, 0.1) is 13.8 Å². The molecule has 1 fully saturated rings. The van der Waals surface area contributed by atoms with E-state index in [-0.39, 0.29) is 47.9 Å². The first-order valence-electron chi connectivity index (χ1n) is 8.12. The molecule has 2 unspecified atom stereocenters. The molecule has 0 spiro atoms. The van der Waals surface area contributed by atoms with Gasteiger partial charge in [-0.05, 0) is 31.0 Å². The van der Waals surface area contributed by atoms with Gasteiger partial charge in [-0.15, -0.1) is 11.8 Å². The van der Waals surface area contributed by atoms with E-state index < -0.39 is 0 Å². The van der Waals surface area contributed by atoms with Gasteiger partial charge in [0.15, 0.2) is 0 Å². The zero-order valence-electron chi connectivity index (χ0n) is 14.6. The monoisotopic (exact) mass is 364 g/mol. The lowest BCUT2D eigenvalue weighted by atomic mass is 10.1. The van der Waals surface area contributed by atoms with Crippen molar-refractivity contribution in [3.8, 4) is 0 Å². The molecule has 1 aliphatic rings. The molecule has 0 aromatic heterocycles. The minimum absolute atomic E-state index is 0.122. The summed E-state index contributed by atoms with van der Waals surface area (Å²) in [6, 6.07) is 5.66. The quantitative estimate of drug-likeness (QED) is 0.600. The van der Waals surface area contributed by atoms with E-state index in [1.807, 2.05) is 32.0 Å². The van der Waals surface area contributed by atoms with Gasteiger partial charge < -0.3 is 16.0 Å². The van der Waals surface area contributed by atoms with E-state index in [0.29, 0.717) is 0 Å². The number of carbonyl (C=O) groups is 3. The summed E-state index contributed by atoms with van der Waals surface area (Å²) in [4.78, 5) is 35.4. The highest BCUT2D eigenvalue weighted by Gasteiger charge is 2.27. The van der Waals surface area contributed by atoms with Crippen LogP contribution in [0.1, 0.15) is 24.0 Å². The second-order valence-corrected chi connectivity index (χ2v) is 7.16. The number of anilines is 1. The van der Waals surface area contributed by atoms with Crippen molar-refractivity contribution in [1.29, 1.82) is 0 Å². The predicted octanol–water partition coefficient (Wildman–Crippen LogP) is 0.873. The van der Waals surface area contributed by atoms with Gasteiger partial charge in [-0.1, -0.05) is 12.1 Å². The van der Waals surface area contributed by atoms with Crippen LogP contribution in [-0.4, -0.2) is 42.1 Å². The molecule has 2 rings (SSSR count). The summed E-state index contributed by atoms with van der Waals surface area (Å²) in [5.74, 6) is -0.190. The Balaban J connectivity index is 1.85. The van der Waals surface area contributed by atoms with Gasteiger partial charge in [-0.25, -0.2) is 0 Å². The van der Waals surface area contributed by atoms with Gasteiger partial charge in [0.2, 0.25) is 17.7 Å². The lowest BCUT2D eigenvalue weighted by Crippen LogP contribution is -2.55. The van der Waals surface area contributed by atoms with Crippen LogP contribution >= 0.6 is 11.8 Å². The summed E-state index contributed by atoms with van der Waals surface area (Å²) in [6.07, 6.45) is 0.481. The molecule has 1 heterocycles. The third kappa shape index (κ3) is 6.06. The van der Waals surface area contributed by atoms with Gasteiger partial charge in [0.1, 0.15) is 5.50 Å². The first kappa shape index (κ1) is 19.3. The normalized spacial score (nSPS) is 19.9. The number of thioether (sulfide) groups is 1. The Morgan fingerprint density at radius 1 is 1.28 bits per heavy atom. The summed E-state index contributed by atoms with van der Waals surface area (Å²) in [6.45, 7) is 3.91. The maximum Gasteiger partial charge on any atom is 0.234 e. The van der Waals surface area contributed by atoms with E-state index in [0.717, 1.165) is 16.8 Å². The summed E-state index contributed by atoms with van der Waals surface area (Å²) >= 11 is 1.29. The van der Waals surface area contributed by atoms with Crippen LogP contribution in [-0.2, 0) is 14.4 Å². The molecule has 0 saturated carbocycles. The fourth-order valence-corrected chi connectivity index (χ4v) is 3.40. The molecule has 1 aromatic carbocycles. The smallest absolute Gasteiger partial charge is 0.234 e. The van der Waals surface area contributed by atoms with Crippen molar-refractivity contribution >= 4 is 35.2 Å². The van der Waals surface area contributed by atoms with E-state index >= 15 is 0 Å². The number of hydrogen-bond donors (Lipinski definition) is 4. The number of aryl methyl sites for hydroxylation is 2. The van der Waals surface area contributed by atoms with Crippen molar-refractivity contribution in [2.75, 3.05) is 18.1 Å². The number of nitrogens with one attached hydrogen (secondary N) is 4. The molecular formula is C17H24N4O3S. The van der Waals surface area contributed by atoms with Crippen LogP contribution in [0.2, 0.25) is 0 Å². The Bertz CT molecular complexity index is 665. The molecule has 136 valence electrons. The van der Waals surface area contributed by atoms with Gasteiger partial charge in [0.25, 0.3) is 0 Å². The molecule has 7 nitrogen and oxygen atoms in total. The molecule has 25 heavy (non-hydrogen) atoms. The van der Waals surface area contributed by atoms with Crippen molar-refractivity contribution in [3.05, 3.63) is 29.3 Å². The Morgan fingerprint density at radius 2 is 2.04 bits per heavy atom. The highest BCUT2D eigenvalue weighted by atomic mass is 32.2. The molecule has 0 aliphatic carbocycles. The fourth-order valence-electron chi connectivity index (χ4n) is 2.51. The topological polar surface area (TPSA) is 99.3 Å². The average Bonchev–Trinajstić information content (AvgIpc) is 2.55. The van der Waals surface area contributed by atoms with E-state index in [2.05, 4.69) is 21.3 Å². The molecule has 2 atom stereocenters. The Labute approximate surface area is 151 Å². The van der Waals surface area contributed by atoms with E-state index in [9.17, 15) is 14.4 Å². The molecular weight excluding hydrogens is 340 g/mol. The molecule has 0 bridgehead atoms. The molecule has 8 heteroatoms. The molecule has 4 N–H and O–H groups in total. The SMILES string of the molecule is CNC(=O)CC1CC(=O)NC(SCC(=O)Nc2cc(C)ccc2C)N1. The maximum atomic E-state index is 12.2. The minimum Gasteiger partial charge on any atom is -0.359 e. The van der Waals surface area contributed by atoms with Crippen LogP contribution in [0.25, 0.3) is 0 Å². The second-order valence-electron chi connectivity index (χ2n) is 6.07. The van der Waals surface area contributed by atoms with Gasteiger partial charge in [0.05, 0.1) is 5.75 Å². The van der Waals surface area contributed by atoms with Crippen molar-refractivity contribution in [2.45, 2.75) is 38.2 Å². The van der Waals surface area contributed by atoms with Crippen LogP contribution < -0.4 is 21.3 Å². The van der Waals surface area contributed by atoms with Gasteiger partial charge in [-0.3, -0.25) is 19.7 Å². The lowest BCUT2D eigenvalue weighted by molar-refractivity contribution is -0.125. The number of amides is 3. The van der Waals surface area contributed by atoms with Crippen molar-refractivity contribution in [2.24, 2.45) is 0 Å². The Hall–Kier alpha value is -2.06. The first-order valence-corrected chi connectivity index (χ1v) is 9.17. The van der Waals surface area contributed by atoms with Crippen LogP contribution in [0.3, 0.4) is 0 Å². The van der Waals surface area contributed by atoms with Crippen molar-refractivity contribution in [3.63, 3.8) is 0 Å². The third-order valence-electron chi connectivity index (χ3n) is 3.87. The molecule has 1 aromatic rings. The van der Waals surface area contributed by atoms with Crippen LogP contribution in [0.5, 0.6) is 0 Å². The van der Waals surface area contributed by atoms with Gasteiger partial charge >= 0.3 is 0 Å². The predicted molar refractivity (Wildman–Crippen MR) is 99.2 cm³/mol. The zero-order chi connectivity index (χ0) is 18.4. The summed E-state index contributed by atoms with van der Waals surface area (Å²) in [5.41, 5.74) is 2.48. The summed E-state index contributed by atoms with van der Waals surface area (Å²) < 4.78 is 0. The Kier molecular flexibility index (Phi) is 6.83. The average molecular weight is 364 g/mol. The van der Waals surface area contributed by atoms with Crippen LogP contribution in [0.15, 0.2) is 18.2 Å². The van der Waals surface area contributed by atoms with Crippen molar-refractivity contribution in [1.82, 2.24) is 16.0 Å². The Morgan fingerprint density at radius 3 is 2.76 bits per heavy atom. The standard InChI is InChI=1S/C17H24N4O3S/c1-10-4-5-11(2)13(6-10)20-16(24)9-25-17-19-12(7-14(22)18-3)8-15(23)21-17/h4-6,12,17,19H,7-9H2,1-3H3,(H,18,22)(H,20,24)(H,21,23). The van der Waals surface area contributed by atoms with E-state index in [4.69, 9.17) is 0 Å². The minimum atomic E-state index is -0.389. The van der Waals surface area contributed by atoms with E-state index in [1.165, 1.54) is 11.8 Å². The second kappa shape index (κ2) is 8.87. The fraction of sp³-hybridized carbons (Fsp3) is 0.471. The highest BCUT2D eigenvalue weighted by molar-refractivity contribution is 8.00. The largest absolute Gasteiger partial charge is 0.359 e. The molecule has 3 amide bonds. The maximum absolute atomic E-state index is 12.2. The number of carbonyl (C=O) groups excluding carboxylic acids is 3. The van der Waals surface area contributed by atoms with Crippen LogP contribution in [0.4, 0.5) is 5.69 Å². The number of hydrogen-bond acceptors (Lipinski definition) is 5.